The maximum Gasteiger partial charge on any atom is 0.364 e. The van der Waals surface area contributed by atoms with Gasteiger partial charge in [-0.2, -0.15) is 10.1 Å². The minimum atomic E-state index is -0.984. The minimum absolute atomic E-state index is 0.194. The highest BCUT2D eigenvalue weighted by Gasteiger charge is 2.32. The van der Waals surface area contributed by atoms with Crippen LogP contribution in [0.15, 0.2) is 103 Å². The average molecular weight is 765 g/mol. The first-order valence-corrected chi connectivity index (χ1v) is 18.0. The van der Waals surface area contributed by atoms with Crippen LogP contribution in [0.3, 0.4) is 0 Å². The summed E-state index contributed by atoms with van der Waals surface area (Å²) in [6.07, 6.45) is 0.265. The van der Waals surface area contributed by atoms with Gasteiger partial charge in [0.05, 0.1) is 34.8 Å². The molecule has 0 fully saturated rings. The summed E-state index contributed by atoms with van der Waals surface area (Å²) in [5.41, 5.74) is 7.12. The Morgan fingerprint density at radius 3 is 2.30 bits per heavy atom. The number of halogens is 2. The van der Waals surface area contributed by atoms with Crippen molar-refractivity contribution < 1.29 is 33.6 Å². The molecule has 274 valence electrons. The summed E-state index contributed by atoms with van der Waals surface area (Å²) in [7, 11) is 1.24. The predicted octanol–water partition coefficient (Wildman–Crippen LogP) is 7.47. The summed E-state index contributed by atoms with van der Waals surface area (Å²) in [4.78, 5) is 35.9. The van der Waals surface area contributed by atoms with E-state index >= 15 is 0 Å². The van der Waals surface area contributed by atoms with Gasteiger partial charge in [-0.1, -0.05) is 77.8 Å². The van der Waals surface area contributed by atoms with E-state index in [-0.39, 0.29) is 18.4 Å². The Labute approximate surface area is 322 Å². The molecule has 5 aromatic rings. The van der Waals surface area contributed by atoms with Crippen molar-refractivity contribution in [3.05, 3.63) is 147 Å². The van der Waals surface area contributed by atoms with E-state index in [9.17, 15) is 9.59 Å². The molecule has 0 bridgehead atoms. The highest BCUT2D eigenvalue weighted by molar-refractivity contribution is 6.42. The topological polar surface area (TPSA) is 128 Å². The van der Waals surface area contributed by atoms with Crippen molar-refractivity contribution in [3.8, 4) is 34.4 Å². The molecule has 0 unspecified atom stereocenters. The van der Waals surface area contributed by atoms with Crippen molar-refractivity contribution in [2.75, 3.05) is 13.7 Å². The lowest BCUT2D eigenvalue weighted by atomic mass is 9.94. The van der Waals surface area contributed by atoms with Crippen molar-refractivity contribution in [1.82, 2.24) is 10.6 Å². The standard InChI is InChI=1S/C42H35Cl2N3O7/c1-50-54-42(49)37(17-25-2-7-28(8-3-25)29-9-4-26(21-45)5-10-29)47-41(48)36-18-31-19-38-39(20-32(31)22-46-36)53-40(24-52-38)30-11-13-33(14-12-30)51-23-27-6-15-34(43)35(44)16-27/h2-16,19-20,36-37,40,46H,17-18,22-24H2,1H3,(H,47,48)/t36-,37-,40-/m0/s1. The molecule has 2 aliphatic rings. The van der Waals surface area contributed by atoms with E-state index in [4.69, 9.17) is 47.6 Å². The summed E-state index contributed by atoms with van der Waals surface area (Å²) < 4.78 is 18.5. The number of benzene rings is 5. The van der Waals surface area contributed by atoms with Crippen LogP contribution in [0.5, 0.6) is 17.2 Å². The zero-order chi connectivity index (χ0) is 37.6. The van der Waals surface area contributed by atoms with Crippen LogP contribution in [-0.4, -0.2) is 37.7 Å². The van der Waals surface area contributed by atoms with Gasteiger partial charge in [-0.15, -0.1) is 0 Å². The van der Waals surface area contributed by atoms with Crippen molar-refractivity contribution in [2.24, 2.45) is 0 Å². The summed E-state index contributed by atoms with van der Waals surface area (Å²) in [6, 6.07) is 32.4. The number of carbonyl (C=O) groups is 2. The van der Waals surface area contributed by atoms with Gasteiger partial charge in [0.2, 0.25) is 5.91 Å². The number of nitrogens with zero attached hydrogens (tertiary/aromatic N) is 1. The average Bonchev–Trinajstić information content (AvgIpc) is 3.20. The van der Waals surface area contributed by atoms with Gasteiger partial charge in [-0.3, -0.25) is 9.68 Å². The number of ether oxygens (including phenoxy) is 3. The number of rotatable bonds is 11. The molecule has 2 aliphatic heterocycles. The molecule has 5 aromatic carbocycles. The monoisotopic (exact) mass is 763 g/mol. The van der Waals surface area contributed by atoms with E-state index in [2.05, 4.69) is 21.6 Å². The molecule has 0 aliphatic carbocycles. The molecule has 0 saturated heterocycles. The van der Waals surface area contributed by atoms with Gasteiger partial charge in [0.1, 0.15) is 25.0 Å². The Hall–Kier alpha value is -5.57. The van der Waals surface area contributed by atoms with E-state index in [1.54, 1.807) is 24.3 Å². The van der Waals surface area contributed by atoms with E-state index in [0.717, 1.165) is 38.9 Å². The van der Waals surface area contributed by atoms with Crippen molar-refractivity contribution in [3.63, 3.8) is 0 Å². The van der Waals surface area contributed by atoms with Crippen molar-refractivity contribution in [1.29, 1.82) is 5.26 Å². The van der Waals surface area contributed by atoms with Crippen LogP contribution in [0, 0.1) is 11.3 Å². The molecule has 3 atom stereocenters. The summed E-state index contributed by atoms with van der Waals surface area (Å²) in [5, 5.41) is 16.2. The molecule has 0 aromatic heterocycles. The molecule has 2 N–H and O–H groups in total. The van der Waals surface area contributed by atoms with E-state index in [1.165, 1.54) is 7.11 Å². The second-order valence-electron chi connectivity index (χ2n) is 12.9. The highest BCUT2D eigenvalue weighted by atomic mass is 35.5. The smallest absolute Gasteiger partial charge is 0.364 e. The molecule has 0 spiro atoms. The highest BCUT2D eigenvalue weighted by Crippen LogP contribution is 2.40. The molecule has 10 nitrogen and oxygen atoms in total. The maximum atomic E-state index is 13.5. The number of hydrogen-bond donors (Lipinski definition) is 2. The largest absolute Gasteiger partial charge is 0.489 e. The molecular formula is C42H35Cl2N3O7. The van der Waals surface area contributed by atoms with E-state index in [1.807, 2.05) is 78.9 Å². The fourth-order valence-electron chi connectivity index (χ4n) is 6.42. The van der Waals surface area contributed by atoms with Crippen LogP contribution in [0.25, 0.3) is 11.1 Å². The number of nitrogens with one attached hydrogen (secondary N) is 2. The van der Waals surface area contributed by atoms with E-state index in [0.29, 0.717) is 59.0 Å². The zero-order valence-electron chi connectivity index (χ0n) is 29.1. The van der Waals surface area contributed by atoms with Crippen LogP contribution in [-0.2, 0) is 45.4 Å². The predicted molar refractivity (Wildman–Crippen MR) is 202 cm³/mol. The fourth-order valence-corrected chi connectivity index (χ4v) is 6.74. The van der Waals surface area contributed by atoms with Gasteiger partial charge in [-0.05, 0) is 93.9 Å². The summed E-state index contributed by atoms with van der Waals surface area (Å²) >= 11 is 12.1. The van der Waals surface area contributed by atoms with Gasteiger partial charge >= 0.3 is 5.97 Å². The lowest BCUT2D eigenvalue weighted by molar-refractivity contribution is -0.256. The van der Waals surface area contributed by atoms with Crippen LogP contribution < -0.4 is 24.8 Å². The molecule has 0 saturated carbocycles. The van der Waals surface area contributed by atoms with Gasteiger partial charge in [0, 0.05) is 13.0 Å². The minimum Gasteiger partial charge on any atom is -0.489 e. The third-order valence-corrected chi connectivity index (χ3v) is 10.1. The van der Waals surface area contributed by atoms with Crippen LogP contribution >= 0.6 is 23.2 Å². The lowest BCUT2D eigenvalue weighted by Gasteiger charge is -2.31. The number of amides is 1. The molecule has 1 amide bonds. The Morgan fingerprint density at radius 2 is 1.59 bits per heavy atom. The van der Waals surface area contributed by atoms with Crippen LogP contribution in [0.4, 0.5) is 0 Å². The van der Waals surface area contributed by atoms with E-state index < -0.39 is 18.1 Å². The zero-order valence-corrected chi connectivity index (χ0v) is 30.7. The maximum absolute atomic E-state index is 13.5. The number of nitriles is 1. The number of carbonyl (C=O) groups excluding carboxylic acids is 2. The van der Waals surface area contributed by atoms with Crippen LogP contribution in [0.2, 0.25) is 10.0 Å². The molecule has 2 heterocycles. The van der Waals surface area contributed by atoms with Crippen molar-refractivity contribution >= 4 is 35.1 Å². The van der Waals surface area contributed by atoms with Gasteiger partial charge < -0.3 is 24.8 Å². The van der Waals surface area contributed by atoms with Gasteiger partial charge in [0.25, 0.3) is 0 Å². The lowest BCUT2D eigenvalue weighted by Crippen LogP contribution is -2.53. The number of fused-ring (bicyclic) bond motifs is 2. The third-order valence-electron chi connectivity index (χ3n) is 9.35. The fraction of sp³-hybridized carbons (Fsp3) is 0.214. The molecule has 0 radical (unpaired) electrons. The summed E-state index contributed by atoms with van der Waals surface area (Å²) in [5.74, 6) is 0.892. The first-order chi connectivity index (χ1) is 26.3. The van der Waals surface area contributed by atoms with Gasteiger partial charge in [0.15, 0.2) is 17.6 Å². The first-order valence-electron chi connectivity index (χ1n) is 17.3. The van der Waals surface area contributed by atoms with Gasteiger partial charge in [-0.25, -0.2) is 4.79 Å². The second kappa shape index (κ2) is 16.6. The Balaban J connectivity index is 0.957. The SMILES string of the molecule is COOC(=O)[C@H](Cc1ccc(-c2ccc(C#N)cc2)cc1)NC(=O)[C@@H]1Cc2cc3c(cc2CN1)O[C@H](c1ccc(OCc2ccc(Cl)c(Cl)c2)cc1)CO3. The van der Waals surface area contributed by atoms with Crippen molar-refractivity contribution in [2.45, 2.75) is 44.2 Å². The summed E-state index contributed by atoms with van der Waals surface area (Å²) in [6.45, 7) is 1.09. The Kier molecular flexibility index (Phi) is 11.3. The second-order valence-corrected chi connectivity index (χ2v) is 13.8. The molecule has 7 rings (SSSR count). The third kappa shape index (κ3) is 8.62. The number of hydrogen-bond acceptors (Lipinski definition) is 9. The molecule has 54 heavy (non-hydrogen) atoms. The normalized spacial score (nSPS) is 16.3. The Morgan fingerprint density at radius 1 is 0.889 bits per heavy atom. The quantitative estimate of drug-likeness (QED) is 0.104. The molecular weight excluding hydrogens is 729 g/mol. The molecule has 12 heteroatoms. The van der Waals surface area contributed by atoms with Crippen LogP contribution in [0.1, 0.15) is 39.5 Å². The first kappa shape index (κ1) is 36.8. The Bertz CT molecular complexity index is 2190.